The van der Waals surface area contributed by atoms with E-state index < -0.39 is 0 Å². The minimum atomic E-state index is 0.0527. The zero-order chi connectivity index (χ0) is 17.4. The number of nitrogens with one attached hydrogen (secondary N) is 1. The molecule has 1 N–H and O–H groups in total. The largest absolute Gasteiger partial charge is 0.348 e. The molecule has 4 heteroatoms. The molecule has 4 rings (SSSR count). The summed E-state index contributed by atoms with van der Waals surface area (Å²) < 4.78 is 0. The predicted octanol–water partition coefficient (Wildman–Crippen LogP) is 5.09. The maximum absolute atomic E-state index is 12.6. The predicted molar refractivity (Wildman–Crippen MR) is 108 cm³/mol. The molecular formula is C21H23NOS2. The lowest BCUT2D eigenvalue weighted by Crippen LogP contribution is -2.24. The van der Waals surface area contributed by atoms with Crippen LogP contribution in [0.3, 0.4) is 0 Å². The van der Waals surface area contributed by atoms with Crippen molar-refractivity contribution in [2.45, 2.75) is 45.4 Å². The second kappa shape index (κ2) is 7.00. The summed E-state index contributed by atoms with van der Waals surface area (Å²) in [5.41, 5.74) is 5.45. The van der Waals surface area contributed by atoms with E-state index >= 15 is 0 Å². The minimum Gasteiger partial charge on any atom is -0.348 e. The van der Waals surface area contributed by atoms with E-state index in [0.29, 0.717) is 6.54 Å². The van der Waals surface area contributed by atoms with E-state index in [0.717, 1.165) is 22.1 Å². The lowest BCUT2D eigenvalue weighted by Gasteiger charge is -2.20. The van der Waals surface area contributed by atoms with E-state index in [1.807, 2.05) is 17.4 Å². The van der Waals surface area contributed by atoms with E-state index in [9.17, 15) is 4.79 Å². The fraction of sp³-hybridized carbons (Fsp3) is 0.381. The first kappa shape index (κ1) is 16.9. The van der Waals surface area contributed by atoms with E-state index in [4.69, 9.17) is 0 Å². The molecule has 1 aliphatic heterocycles. The Hall–Kier alpha value is -1.52. The molecule has 0 bridgehead atoms. The van der Waals surface area contributed by atoms with Gasteiger partial charge in [0.2, 0.25) is 0 Å². The van der Waals surface area contributed by atoms with Gasteiger partial charge in [-0.3, -0.25) is 4.79 Å². The van der Waals surface area contributed by atoms with Crippen molar-refractivity contribution in [3.63, 3.8) is 0 Å². The number of hydrogen-bond acceptors (Lipinski definition) is 3. The standard InChI is InChI=1S/C21H23NOS2/c1-13-4-3-5-15(8-13)11-22-21(23)20-10-19-17(12-24-20)16-7-6-14(2)9-18(16)25-19/h3-5,8,10,14H,6-7,9,11-12H2,1-2H3,(H,22,23)/t14-/m0/s1. The van der Waals surface area contributed by atoms with Crippen molar-refractivity contribution in [3.8, 4) is 0 Å². The van der Waals surface area contributed by atoms with Gasteiger partial charge in [-0.05, 0) is 54.9 Å². The molecule has 0 saturated heterocycles. The molecule has 0 saturated carbocycles. The van der Waals surface area contributed by atoms with Gasteiger partial charge in [0.1, 0.15) is 0 Å². The molecule has 1 aliphatic carbocycles. The van der Waals surface area contributed by atoms with Crippen molar-refractivity contribution in [2.75, 3.05) is 0 Å². The first-order valence-electron chi connectivity index (χ1n) is 8.92. The Morgan fingerprint density at radius 1 is 1.32 bits per heavy atom. The average Bonchev–Trinajstić information content (AvgIpc) is 2.96. The molecule has 1 aromatic carbocycles. The normalized spacial score (nSPS) is 19.0. The summed E-state index contributed by atoms with van der Waals surface area (Å²) in [4.78, 5) is 16.3. The number of thiophene rings is 1. The van der Waals surface area contributed by atoms with Crippen LogP contribution in [0.2, 0.25) is 0 Å². The quantitative estimate of drug-likeness (QED) is 0.817. The zero-order valence-electron chi connectivity index (χ0n) is 14.7. The molecule has 2 heterocycles. The first-order chi connectivity index (χ1) is 12.1. The van der Waals surface area contributed by atoms with Gasteiger partial charge in [-0.25, -0.2) is 0 Å². The fourth-order valence-corrected chi connectivity index (χ4v) is 6.32. The molecule has 130 valence electrons. The summed E-state index contributed by atoms with van der Waals surface area (Å²) in [7, 11) is 0. The number of amides is 1. The van der Waals surface area contributed by atoms with Crippen molar-refractivity contribution < 1.29 is 4.79 Å². The number of carbonyl (C=O) groups is 1. The Morgan fingerprint density at radius 3 is 3.04 bits per heavy atom. The highest BCUT2D eigenvalue weighted by Gasteiger charge is 2.26. The number of aryl methyl sites for hydroxylation is 1. The van der Waals surface area contributed by atoms with Crippen molar-refractivity contribution in [1.82, 2.24) is 5.32 Å². The van der Waals surface area contributed by atoms with Crippen LogP contribution in [0.25, 0.3) is 6.08 Å². The lowest BCUT2D eigenvalue weighted by molar-refractivity contribution is -0.116. The van der Waals surface area contributed by atoms with Crippen LogP contribution in [0.1, 0.15) is 45.4 Å². The van der Waals surface area contributed by atoms with Gasteiger partial charge in [-0.1, -0.05) is 36.8 Å². The van der Waals surface area contributed by atoms with Gasteiger partial charge >= 0.3 is 0 Å². The highest BCUT2D eigenvalue weighted by Crippen LogP contribution is 2.43. The Balaban J connectivity index is 1.48. The average molecular weight is 370 g/mol. The summed E-state index contributed by atoms with van der Waals surface area (Å²) in [6, 6.07) is 8.29. The summed E-state index contributed by atoms with van der Waals surface area (Å²) in [6.45, 7) is 5.01. The second-order valence-electron chi connectivity index (χ2n) is 7.16. The molecule has 1 atom stereocenters. The Labute approximate surface area is 157 Å². The van der Waals surface area contributed by atoms with Crippen molar-refractivity contribution >= 4 is 35.1 Å². The molecule has 0 spiro atoms. The van der Waals surface area contributed by atoms with Crippen molar-refractivity contribution in [3.05, 3.63) is 61.2 Å². The third-order valence-corrected chi connectivity index (χ3v) is 7.34. The number of rotatable bonds is 3. The SMILES string of the molecule is Cc1cccc(CNC(=O)C2=Cc3sc4c(c3CS2)CC[C@H](C)C4)c1. The first-order valence-corrected chi connectivity index (χ1v) is 10.7. The molecule has 0 radical (unpaired) electrons. The minimum absolute atomic E-state index is 0.0527. The maximum Gasteiger partial charge on any atom is 0.258 e. The van der Waals surface area contributed by atoms with E-state index in [1.54, 1.807) is 22.2 Å². The Morgan fingerprint density at radius 2 is 2.20 bits per heavy atom. The van der Waals surface area contributed by atoms with Gasteiger partial charge in [-0.15, -0.1) is 23.1 Å². The maximum atomic E-state index is 12.6. The number of benzene rings is 1. The van der Waals surface area contributed by atoms with Gasteiger partial charge < -0.3 is 5.32 Å². The number of fused-ring (bicyclic) bond motifs is 3. The third kappa shape index (κ3) is 3.56. The van der Waals surface area contributed by atoms with Crippen LogP contribution in [-0.4, -0.2) is 5.91 Å². The Kier molecular flexibility index (Phi) is 4.74. The van der Waals surface area contributed by atoms with Gasteiger partial charge in [0.25, 0.3) is 5.91 Å². The molecule has 2 nitrogen and oxygen atoms in total. The molecule has 1 aromatic heterocycles. The van der Waals surface area contributed by atoms with E-state index in [1.165, 1.54) is 35.3 Å². The van der Waals surface area contributed by atoms with Crippen LogP contribution in [0.15, 0.2) is 29.2 Å². The van der Waals surface area contributed by atoms with Crippen molar-refractivity contribution in [2.24, 2.45) is 5.92 Å². The summed E-state index contributed by atoms with van der Waals surface area (Å²) >= 11 is 3.60. The van der Waals surface area contributed by atoms with Crippen LogP contribution in [0.5, 0.6) is 0 Å². The van der Waals surface area contributed by atoms with E-state index in [2.05, 4.69) is 43.4 Å². The molecule has 0 fully saturated rings. The van der Waals surface area contributed by atoms with E-state index in [-0.39, 0.29) is 5.91 Å². The summed E-state index contributed by atoms with van der Waals surface area (Å²) in [5, 5.41) is 3.07. The lowest BCUT2D eigenvalue weighted by atomic mass is 9.88. The molecule has 2 aliphatic rings. The van der Waals surface area contributed by atoms with Gasteiger partial charge in [0.15, 0.2) is 0 Å². The van der Waals surface area contributed by atoms with Crippen LogP contribution < -0.4 is 5.32 Å². The molecule has 1 amide bonds. The highest BCUT2D eigenvalue weighted by atomic mass is 32.2. The molecule has 2 aromatic rings. The van der Waals surface area contributed by atoms with Gasteiger partial charge in [0.05, 0.1) is 4.91 Å². The summed E-state index contributed by atoms with van der Waals surface area (Å²) in [6.07, 6.45) is 5.84. The van der Waals surface area contributed by atoms with Crippen molar-refractivity contribution in [1.29, 1.82) is 0 Å². The van der Waals surface area contributed by atoms with Gasteiger partial charge in [0, 0.05) is 22.1 Å². The number of thioether (sulfide) groups is 1. The third-order valence-electron chi connectivity index (χ3n) is 5.05. The monoisotopic (exact) mass is 369 g/mol. The van der Waals surface area contributed by atoms with Crippen LogP contribution in [0, 0.1) is 12.8 Å². The second-order valence-corrected chi connectivity index (χ2v) is 9.32. The highest BCUT2D eigenvalue weighted by molar-refractivity contribution is 8.03. The topological polar surface area (TPSA) is 29.1 Å². The molecule has 25 heavy (non-hydrogen) atoms. The summed E-state index contributed by atoms with van der Waals surface area (Å²) in [5.74, 6) is 1.79. The van der Waals surface area contributed by atoms with Gasteiger partial charge in [-0.2, -0.15) is 0 Å². The van der Waals surface area contributed by atoms with Crippen LogP contribution >= 0.6 is 23.1 Å². The molecular weight excluding hydrogens is 346 g/mol. The van der Waals surface area contributed by atoms with Crippen LogP contribution in [0.4, 0.5) is 0 Å². The zero-order valence-corrected chi connectivity index (χ0v) is 16.4. The smallest absolute Gasteiger partial charge is 0.258 e. The molecule has 0 unspecified atom stereocenters. The fourth-order valence-electron chi connectivity index (χ4n) is 3.65. The number of hydrogen-bond donors (Lipinski definition) is 1. The number of carbonyl (C=O) groups excluding carboxylic acids is 1. The Bertz CT molecular complexity index is 850. The van der Waals surface area contributed by atoms with Crippen LogP contribution in [-0.2, 0) is 29.9 Å².